The van der Waals surface area contributed by atoms with Crippen LogP contribution in [0.3, 0.4) is 0 Å². The van der Waals surface area contributed by atoms with Crippen LogP contribution in [0, 0.1) is 26.2 Å². The van der Waals surface area contributed by atoms with E-state index < -0.39 is 11.4 Å². The van der Waals surface area contributed by atoms with E-state index in [1.165, 1.54) is 7.11 Å². The van der Waals surface area contributed by atoms with Gasteiger partial charge in [-0.15, -0.1) is 0 Å². The number of ether oxygens (including phenoxy) is 1. The Kier molecular flexibility index (Phi) is 4.35. The highest BCUT2D eigenvalue weighted by Crippen LogP contribution is 2.25. The third-order valence-electron chi connectivity index (χ3n) is 3.18. The molecule has 1 N–H and O–H groups in total. The van der Waals surface area contributed by atoms with Gasteiger partial charge in [0.1, 0.15) is 5.41 Å². The summed E-state index contributed by atoms with van der Waals surface area (Å²) in [6, 6.07) is 3.99. The number of benzene rings is 1. The molecule has 0 aliphatic rings. The first-order valence-electron chi connectivity index (χ1n) is 6.18. The predicted octanol–water partition coefficient (Wildman–Crippen LogP) is 2.75. The number of hydrogen-bond acceptors (Lipinski definition) is 3. The highest BCUT2D eigenvalue weighted by atomic mass is 16.5. The summed E-state index contributed by atoms with van der Waals surface area (Å²) in [5, 5.41) is 2.82. The number of carbonyl (C=O) groups excluding carboxylic acids is 2. The van der Waals surface area contributed by atoms with Gasteiger partial charge in [0.25, 0.3) is 0 Å². The second-order valence-corrected chi connectivity index (χ2v) is 5.34. The maximum absolute atomic E-state index is 12.2. The maximum Gasteiger partial charge on any atom is 0.320 e. The highest BCUT2D eigenvalue weighted by Gasteiger charge is 2.37. The monoisotopic (exact) mass is 263 g/mol. The molecule has 0 aromatic heterocycles. The minimum absolute atomic E-state index is 0.366. The summed E-state index contributed by atoms with van der Waals surface area (Å²) in [5.74, 6) is -0.915. The van der Waals surface area contributed by atoms with Crippen LogP contribution in [0.1, 0.15) is 30.5 Å². The molecule has 0 unspecified atom stereocenters. The van der Waals surface area contributed by atoms with Crippen molar-refractivity contribution in [3.63, 3.8) is 0 Å². The van der Waals surface area contributed by atoms with Crippen LogP contribution in [-0.4, -0.2) is 19.0 Å². The van der Waals surface area contributed by atoms with E-state index in [1.54, 1.807) is 13.8 Å². The first-order chi connectivity index (χ1) is 8.70. The fourth-order valence-corrected chi connectivity index (χ4v) is 1.99. The lowest BCUT2D eigenvalue weighted by Crippen LogP contribution is -2.39. The van der Waals surface area contributed by atoms with Crippen LogP contribution in [0.5, 0.6) is 0 Å². The number of carbonyl (C=O) groups is 2. The molecule has 0 atom stereocenters. The quantitative estimate of drug-likeness (QED) is 0.674. The summed E-state index contributed by atoms with van der Waals surface area (Å²) in [7, 11) is 1.28. The van der Waals surface area contributed by atoms with Crippen molar-refractivity contribution in [1.29, 1.82) is 0 Å². The minimum atomic E-state index is -1.21. The molecule has 1 rings (SSSR count). The third kappa shape index (κ3) is 3.13. The van der Waals surface area contributed by atoms with Crippen LogP contribution in [-0.2, 0) is 14.3 Å². The number of rotatable bonds is 3. The molecule has 1 aromatic rings. The normalized spacial score (nSPS) is 11.1. The maximum atomic E-state index is 12.2. The van der Waals surface area contributed by atoms with Crippen molar-refractivity contribution in [2.45, 2.75) is 34.6 Å². The Labute approximate surface area is 114 Å². The van der Waals surface area contributed by atoms with Crippen LogP contribution >= 0.6 is 0 Å². The fraction of sp³-hybridized carbons (Fsp3) is 0.467. The summed E-state index contributed by atoms with van der Waals surface area (Å²) < 4.78 is 4.65. The Bertz CT molecular complexity index is 495. The van der Waals surface area contributed by atoms with Crippen molar-refractivity contribution in [2.24, 2.45) is 5.41 Å². The van der Waals surface area contributed by atoms with Crippen LogP contribution in [0.25, 0.3) is 0 Å². The Morgan fingerprint density at radius 2 is 1.58 bits per heavy atom. The summed E-state index contributed by atoms with van der Waals surface area (Å²) in [6.07, 6.45) is 0. The van der Waals surface area contributed by atoms with E-state index in [2.05, 4.69) is 10.1 Å². The smallest absolute Gasteiger partial charge is 0.320 e. The molecule has 0 saturated carbocycles. The largest absolute Gasteiger partial charge is 0.468 e. The molecule has 4 heteroatoms. The lowest BCUT2D eigenvalue weighted by molar-refractivity contribution is -0.154. The molecule has 0 radical (unpaired) electrons. The molecule has 1 amide bonds. The zero-order chi connectivity index (χ0) is 14.8. The van der Waals surface area contributed by atoms with Gasteiger partial charge in [0.2, 0.25) is 5.91 Å². The van der Waals surface area contributed by atoms with E-state index in [0.29, 0.717) is 0 Å². The zero-order valence-corrected chi connectivity index (χ0v) is 12.4. The Hall–Kier alpha value is -1.84. The summed E-state index contributed by atoms with van der Waals surface area (Å²) in [5.41, 5.74) is 2.64. The van der Waals surface area contributed by atoms with Gasteiger partial charge in [0.05, 0.1) is 7.11 Å². The van der Waals surface area contributed by atoms with Gasteiger partial charge in [-0.3, -0.25) is 9.59 Å². The van der Waals surface area contributed by atoms with Gasteiger partial charge < -0.3 is 10.1 Å². The van der Waals surface area contributed by atoms with E-state index in [1.807, 2.05) is 32.9 Å². The Morgan fingerprint density at radius 3 is 2.00 bits per heavy atom. The van der Waals surface area contributed by atoms with Gasteiger partial charge in [0.15, 0.2) is 0 Å². The molecular weight excluding hydrogens is 242 g/mol. The van der Waals surface area contributed by atoms with Crippen molar-refractivity contribution >= 4 is 17.6 Å². The number of amides is 1. The zero-order valence-electron chi connectivity index (χ0n) is 12.4. The Balaban J connectivity index is 3.04. The van der Waals surface area contributed by atoms with Gasteiger partial charge in [-0.1, -0.05) is 17.7 Å². The lowest BCUT2D eigenvalue weighted by atomic mass is 9.92. The minimum Gasteiger partial charge on any atom is -0.468 e. The van der Waals surface area contributed by atoms with Crippen LogP contribution in [0.4, 0.5) is 5.69 Å². The average molecular weight is 263 g/mol. The first-order valence-corrected chi connectivity index (χ1v) is 6.18. The summed E-state index contributed by atoms with van der Waals surface area (Å²) in [4.78, 5) is 23.8. The molecular formula is C15H21NO3. The van der Waals surface area contributed by atoms with E-state index in [0.717, 1.165) is 22.4 Å². The predicted molar refractivity (Wildman–Crippen MR) is 75.1 cm³/mol. The first kappa shape index (κ1) is 15.2. The van der Waals surface area contributed by atoms with Crippen molar-refractivity contribution in [2.75, 3.05) is 12.4 Å². The van der Waals surface area contributed by atoms with Crippen LogP contribution in [0.15, 0.2) is 12.1 Å². The number of nitrogens with one attached hydrogen (secondary N) is 1. The van der Waals surface area contributed by atoms with Crippen molar-refractivity contribution in [1.82, 2.24) is 0 Å². The van der Waals surface area contributed by atoms with E-state index in [4.69, 9.17) is 0 Å². The lowest BCUT2D eigenvalue weighted by Gasteiger charge is -2.22. The van der Waals surface area contributed by atoms with Crippen molar-refractivity contribution < 1.29 is 14.3 Å². The topological polar surface area (TPSA) is 55.4 Å². The molecule has 0 saturated heterocycles. The number of anilines is 1. The molecule has 0 fully saturated rings. The third-order valence-corrected chi connectivity index (χ3v) is 3.18. The van der Waals surface area contributed by atoms with Gasteiger partial charge in [0, 0.05) is 5.69 Å². The second-order valence-electron chi connectivity index (χ2n) is 5.34. The molecule has 0 heterocycles. The molecule has 1 aromatic carbocycles. The second kappa shape index (κ2) is 5.43. The van der Waals surface area contributed by atoms with Crippen molar-refractivity contribution in [3.05, 3.63) is 28.8 Å². The molecule has 0 bridgehead atoms. The number of hydrogen-bond donors (Lipinski definition) is 1. The molecule has 19 heavy (non-hydrogen) atoms. The van der Waals surface area contributed by atoms with Gasteiger partial charge in [-0.25, -0.2) is 0 Å². The average Bonchev–Trinajstić information content (AvgIpc) is 2.31. The number of esters is 1. The van der Waals surface area contributed by atoms with Gasteiger partial charge in [-0.05, 0) is 45.7 Å². The summed E-state index contributed by atoms with van der Waals surface area (Å²) >= 11 is 0. The highest BCUT2D eigenvalue weighted by molar-refractivity contribution is 6.08. The van der Waals surface area contributed by atoms with E-state index in [9.17, 15) is 9.59 Å². The summed E-state index contributed by atoms with van der Waals surface area (Å²) in [6.45, 7) is 8.96. The molecule has 0 aliphatic carbocycles. The van der Waals surface area contributed by atoms with E-state index >= 15 is 0 Å². The standard InChI is InChI=1S/C15H21NO3/c1-9-7-10(2)12(11(3)8-9)16-13(17)15(4,5)14(18)19-6/h7-8H,1-6H3,(H,16,17). The SMILES string of the molecule is COC(=O)C(C)(C)C(=O)Nc1c(C)cc(C)cc1C. The Morgan fingerprint density at radius 1 is 1.11 bits per heavy atom. The number of aryl methyl sites for hydroxylation is 3. The van der Waals surface area contributed by atoms with Gasteiger partial charge >= 0.3 is 5.97 Å². The van der Waals surface area contributed by atoms with Crippen molar-refractivity contribution in [3.8, 4) is 0 Å². The number of methoxy groups -OCH3 is 1. The molecule has 104 valence electrons. The van der Waals surface area contributed by atoms with E-state index in [-0.39, 0.29) is 5.91 Å². The van der Waals surface area contributed by atoms with Crippen LogP contribution in [0.2, 0.25) is 0 Å². The molecule has 0 aliphatic heterocycles. The fourth-order valence-electron chi connectivity index (χ4n) is 1.99. The molecule has 4 nitrogen and oxygen atoms in total. The van der Waals surface area contributed by atoms with Crippen LogP contribution < -0.4 is 5.32 Å². The molecule has 0 spiro atoms. The van der Waals surface area contributed by atoms with Gasteiger partial charge in [-0.2, -0.15) is 0 Å².